The van der Waals surface area contributed by atoms with Crippen molar-refractivity contribution in [1.29, 1.82) is 0 Å². The lowest BCUT2D eigenvalue weighted by Crippen LogP contribution is -2.41. The third-order valence-electron chi connectivity index (χ3n) is 7.73. The van der Waals surface area contributed by atoms with Gasteiger partial charge in [0.05, 0.1) is 11.0 Å². The molecule has 3 heterocycles. The van der Waals surface area contributed by atoms with Gasteiger partial charge in [-0.15, -0.1) is 0 Å². The van der Waals surface area contributed by atoms with Crippen LogP contribution in [0.5, 0.6) is 0 Å². The molecule has 10 nitrogen and oxygen atoms in total. The second-order valence-electron chi connectivity index (χ2n) is 10.8. The van der Waals surface area contributed by atoms with Gasteiger partial charge in [-0.2, -0.15) is 19.9 Å². The maximum absolute atomic E-state index is 14.2. The number of hydrogen-bond donors (Lipinski definition) is 0. The molecule has 0 saturated carbocycles. The first-order valence-corrected chi connectivity index (χ1v) is 15.2. The van der Waals surface area contributed by atoms with Gasteiger partial charge in [-0.05, 0) is 12.1 Å². The van der Waals surface area contributed by atoms with E-state index in [1.54, 1.807) is 24.3 Å². The Morgan fingerprint density at radius 2 is 0.562 bits per heavy atom. The van der Waals surface area contributed by atoms with Gasteiger partial charge in [-0.25, -0.2) is 19.1 Å². The van der Waals surface area contributed by atoms with Crippen molar-refractivity contribution in [3.8, 4) is 57.4 Å². The molecule has 0 amide bonds. The summed E-state index contributed by atoms with van der Waals surface area (Å²) in [6, 6.07) is 44.7. The molecule has 0 N–H and O–H groups in total. The Morgan fingerprint density at radius 1 is 0.312 bits per heavy atom. The van der Waals surface area contributed by atoms with Crippen LogP contribution in [0.4, 0.5) is 0 Å². The van der Waals surface area contributed by atoms with Crippen LogP contribution in [0.1, 0.15) is 0 Å². The lowest BCUT2D eigenvalue weighted by Gasteiger charge is -2.15. The summed E-state index contributed by atoms with van der Waals surface area (Å²) < 4.78 is 2.46. The highest BCUT2D eigenvalue weighted by Crippen LogP contribution is 2.25. The standard InChI is InChI=1S/C38H24N8O2/c47-35-36(48)46(38-43-33(27-19-9-3-10-20-27)40-34(44-38)28-21-11-4-12-22-28)30-24-14-13-23-29(30)45(35)37-41-31(25-15-5-1-6-16-25)39-32(42-37)26-17-7-2-8-18-26/h1-24H. The number of aromatic nitrogens is 8. The van der Waals surface area contributed by atoms with Crippen molar-refractivity contribution >= 4 is 11.0 Å². The number of para-hydroxylation sites is 2. The second-order valence-corrected chi connectivity index (χ2v) is 10.8. The Balaban J connectivity index is 1.40. The topological polar surface area (TPSA) is 121 Å². The molecule has 5 aromatic carbocycles. The highest BCUT2D eigenvalue weighted by molar-refractivity contribution is 5.78. The second kappa shape index (κ2) is 12.1. The monoisotopic (exact) mass is 624 g/mol. The first kappa shape index (κ1) is 28.5. The fourth-order valence-electron chi connectivity index (χ4n) is 5.44. The summed E-state index contributed by atoms with van der Waals surface area (Å²) in [5.74, 6) is 1.46. The largest absolute Gasteiger partial charge is 0.324 e. The van der Waals surface area contributed by atoms with Crippen LogP contribution in [0, 0.1) is 0 Å². The molecule has 48 heavy (non-hydrogen) atoms. The molecule has 0 aliphatic carbocycles. The highest BCUT2D eigenvalue weighted by atomic mass is 16.2. The molecule has 3 aromatic heterocycles. The molecule has 0 radical (unpaired) electrons. The summed E-state index contributed by atoms with van der Waals surface area (Å²) in [4.78, 5) is 56.8. The first-order valence-electron chi connectivity index (χ1n) is 15.2. The number of nitrogens with zero attached hydrogens (tertiary/aromatic N) is 8. The van der Waals surface area contributed by atoms with Crippen molar-refractivity contribution in [1.82, 2.24) is 39.0 Å². The third kappa shape index (κ3) is 5.23. The van der Waals surface area contributed by atoms with Crippen molar-refractivity contribution in [2.45, 2.75) is 0 Å². The van der Waals surface area contributed by atoms with Gasteiger partial charge in [0.15, 0.2) is 23.3 Å². The van der Waals surface area contributed by atoms with Gasteiger partial charge in [0.25, 0.3) is 0 Å². The summed E-state index contributed by atoms with van der Waals surface area (Å²) in [5, 5.41) is 0. The van der Waals surface area contributed by atoms with Gasteiger partial charge in [-0.1, -0.05) is 133 Å². The smallest absolute Gasteiger partial charge is 0.262 e. The van der Waals surface area contributed by atoms with Crippen molar-refractivity contribution in [2.75, 3.05) is 0 Å². The van der Waals surface area contributed by atoms with Crippen LogP contribution in [0.2, 0.25) is 0 Å². The van der Waals surface area contributed by atoms with Crippen molar-refractivity contribution in [3.63, 3.8) is 0 Å². The normalized spacial score (nSPS) is 11.1. The average molecular weight is 625 g/mol. The average Bonchev–Trinajstić information content (AvgIpc) is 3.16. The van der Waals surface area contributed by atoms with Crippen LogP contribution in [-0.4, -0.2) is 39.0 Å². The Bertz CT molecular complexity index is 2240. The molecule has 0 atom stereocenters. The Kier molecular flexibility index (Phi) is 7.19. The molecule has 0 aliphatic heterocycles. The molecule has 0 aliphatic rings. The minimum atomic E-state index is -0.874. The lowest BCUT2D eigenvalue weighted by molar-refractivity contribution is 0.825. The van der Waals surface area contributed by atoms with Gasteiger partial charge in [0.2, 0.25) is 11.9 Å². The van der Waals surface area contributed by atoms with E-state index in [1.165, 1.54) is 9.13 Å². The van der Waals surface area contributed by atoms with Gasteiger partial charge < -0.3 is 0 Å². The summed E-state index contributed by atoms with van der Waals surface area (Å²) in [7, 11) is 0. The van der Waals surface area contributed by atoms with E-state index in [-0.39, 0.29) is 11.9 Å². The molecule has 0 fully saturated rings. The van der Waals surface area contributed by atoms with Crippen molar-refractivity contribution < 1.29 is 0 Å². The van der Waals surface area contributed by atoms with E-state index in [0.717, 1.165) is 22.3 Å². The minimum Gasteiger partial charge on any atom is -0.262 e. The number of rotatable bonds is 6. The predicted molar refractivity (Wildman–Crippen MR) is 184 cm³/mol. The third-order valence-corrected chi connectivity index (χ3v) is 7.73. The maximum Gasteiger partial charge on any atom is 0.324 e. The first-order chi connectivity index (χ1) is 23.6. The van der Waals surface area contributed by atoms with E-state index in [1.807, 2.05) is 121 Å². The Hall–Kier alpha value is -6.94. The van der Waals surface area contributed by atoms with Crippen LogP contribution < -0.4 is 11.1 Å². The Morgan fingerprint density at radius 3 is 0.833 bits per heavy atom. The van der Waals surface area contributed by atoms with Gasteiger partial charge in [0, 0.05) is 22.3 Å². The molecule has 0 spiro atoms. The van der Waals surface area contributed by atoms with Crippen LogP contribution in [0.3, 0.4) is 0 Å². The zero-order valence-corrected chi connectivity index (χ0v) is 25.3. The SMILES string of the molecule is O=c1c(=O)n(-c2nc(-c3ccccc3)nc(-c3ccccc3)n2)c2ccccc2n1-c1nc(-c2ccccc2)nc(-c2ccccc2)n1. The Labute approximate surface area is 273 Å². The molecule has 228 valence electrons. The van der Waals surface area contributed by atoms with E-state index < -0.39 is 11.1 Å². The molecule has 10 heteroatoms. The van der Waals surface area contributed by atoms with Gasteiger partial charge in [-0.3, -0.25) is 9.59 Å². The van der Waals surface area contributed by atoms with Gasteiger partial charge in [0.1, 0.15) is 0 Å². The molecule has 8 rings (SSSR count). The van der Waals surface area contributed by atoms with Crippen LogP contribution in [0.25, 0.3) is 68.5 Å². The predicted octanol–water partition coefficient (Wildman–Crippen LogP) is 6.18. The quantitative estimate of drug-likeness (QED) is 0.201. The van der Waals surface area contributed by atoms with Crippen LogP contribution in [-0.2, 0) is 0 Å². The van der Waals surface area contributed by atoms with Crippen molar-refractivity contribution in [3.05, 3.63) is 166 Å². The maximum atomic E-state index is 14.2. The molecule has 0 bridgehead atoms. The zero-order chi connectivity index (χ0) is 32.5. The van der Waals surface area contributed by atoms with E-state index in [4.69, 9.17) is 29.9 Å². The van der Waals surface area contributed by atoms with Crippen molar-refractivity contribution in [2.24, 2.45) is 0 Å². The van der Waals surface area contributed by atoms with Crippen LogP contribution >= 0.6 is 0 Å². The molecule has 0 unspecified atom stereocenters. The fourth-order valence-corrected chi connectivity index (χ4v) is 5.44. The lowest BCUT2D eigenvalue weighted by atomic mass is 10.2. The molecule has 0 saturated heterocycles. The minimum absolute atomic E-state index is 0.0127. The summed E-state index contributed by atoms with van der Waals surface area (Å²) in [6.07, 6.45) is 0. The number of hydrogen-bond acceptors (Lipinski definition) is 8. The summed E-state index contributed by atoms with van der Waals surface area (Å²) >= 11 is 0. The molecular formula is C38H24N8O2. The summed E-state index contributed by atoms with van der Waals surface area (Å²) in [6.45, 7) is 0. The molecular weight excluding hydrogens is 600 g/mol. The van der Waals surface area contributed by atoms with E-state index in [0.29, 0.717) is 34.3 Å². The van der Waals surface area contributed by atoms with Crippen LogP contribution in [0.15, 0.2) is 155 Å². The molecule has 8 aromatic rings. The highest BCUT2D eigenvalue weighted by Gasteiger charge is 2.22. The number of benzene rings is 5. The fraction of sp³-hybridized carbons (Fsp3) is 0. The van der Waals surface area contributed by atoms with E-state index in [2.05, 4.69) is 0 Å². The van der Waals surface area contributed by atoms with Gasteiger partial charge >= 0.3 is 11.1 Å². The zero-order valence-electron chi connectivity index (χ0n) is 25.3. The van der Waals surface area contributed by atoms with E-state index >= 15 is 0 Å². The number of fused-ring (bicyclic) bond motifs is 1. The van der Waals surface area contributed by atoms with E-state index in [9.17, 15) is 9.59 Å². The summed E-state index contributed by atoms with van der Waals surface area (Å²) in [5.41, 5.74) is 1.95.